The third-order valence-corrected chi connectivity index (χ3v) is 3.95. The number of anilines is 1. The summed E-state index contributed by atoms with van der Waals surface area (Å²) in [7, 11) is 0. The van der Waals surface area contributed by atoms with E-state index in [1.54, 1.807) is 30.3 Å². The maximum atomic E-state index is 12.0. The average molecular weight is 361 g/mol. The van der Waals surface area contributed by atoms with Crippen molar-refractivity contribution in [2.45, 2.75) is 13.3 Å². The molecule has 0 bridgehead atoms. The first-order chi connectivity index (χ1) is 11.9. The Morgan fingerprint density at radius 1 is 1.20 bits per heavy atom. The van der Waals surface area contributed by atoms with E-state index in [9.17, 15) is 9.90 Å². The maximum absolute atomic E-state index is 12.0. The van der Waals surface area contributed by atoms with Crippen LogP contribution in [0.2, 0.25) is 5.02 Å². The van der Waals surface area contributed by atoms with Crippen molar-refractivity contribution in [3.8, 4) is 16.9 Å². The third kappa shape index (κ3) is 3.97. The molecular weight excluding hydrogens is 340 g/mol. The van der Waals surface area contributed by atoms with E-state index in [-0.39, 0.29) is 17.1 Å². The van der Waals surface area contributed by atoms with Gasteiger partial charge in [0.05, 0.1) is 5.70 Å². The number of rotatable bonds is 5. The number of benzene rings is 2. The van der Waals surface area contributed by atoms with E-state index >= 15 is 0 Å². The Kier molecular flexibility index (Phi) is 5.77. The number of phenolic OH excluding ortho intramolecular Hbond substituents is 1. The van der Waals surface area contributed by atoms with E-state index in [1.807, 2.05) is 6.92 Å². The van der Waals surface area contributed by atoms with E-state index in [0.717, 1.165) is 6.42 Å². The van der Waals surface area contributed by atoms with Gasteiger partial charge in [-0.05, 0) is 24.6 Å². The van der Waals surface area contributed by atoms with E-state index in [1.165, 1.54) is 6.07 Å². The number of carbonyl (C=O) groups is 1. The molecule has 0 aromatic heterocycles. The van der Waals surface area contributed by atoms with Crippen LogP contribution in [0.15, 0.2) is 42.1 Å². The molecule has 2 aromatic rings. The molecule has 2 rings (SSSR count). The van der Waals surface area contributed by atoms with Gasteiger partial charge in [0.2, 0.25) is 0 Å². The van der Waals surface area contributed by atoms with Crippen LogP contribution in [0.4, 0.5) is 5.69 Å². The second-order valence-electron chi connectivity index (χ2n) is 5.51. The lowest BCUT2D eigenvalue weighted by Crippen LogP contribution is -2.31. The summed E-state index contributed by atoms with van der Waals surface area (Å²) in [5, 5.41) is 13.2. The Morgan fingerprint density at radius 2 is 1.92 bits per heavy atom. The zero-order chi connectivity index (χ0) is 18.6. The molecule has 0 heterocycles. The average Bonchev–Trinajstić information content (AvgIpc) is 2.60. The van der Waals surface area contributed by atoms with Crippen LogP contribution in [-0.4, -0.2) is 17.6 Å². The van der Waals surface area contributed by atoms with Gasteiger partial charge in [0.25, 0.3) is 5.91 Å². The fraction of sp³-hybridized carbons (Fsp3) is 0.167. The number of halogens is 1. The third-order valence-electron chi connectivity index (χ3n) is 3.72. The lowest BCUT2D eigenvalue weighted by Gasteiger charge is -2.14. The van der Waals surface area contributed by atoms with Gasteiger partial charge in [-0.3, -0.25) is 4.79 Å². The Morgan fingerprint density at radius 3 is 2.60 bits per heavy atom. The SMILES string of the molecule is CCCNC(=O)/C(N)=C(\N)c1cccc(-c2cc(Cl)ccc2O)c1N. The molecule has 132 valence electrons. The molecule has 0 fully saturated rings. The highest BCUT2D eigenvalue weighted by atomic mass is 35.5. The van der Waals surface area contributed by atoms with Crippen molar-refractivity contribution in [1.82, 2.24) is 5.32 Å². The molecule has 0 aliphatic rings. The van der Waals surface area contributed by atoms with Gasteiger partial charge >= 0.3 is 0 Å². The number of phenols is 1. The highest BCUT2D eigenvalue weighted by molar-refractivity contribution is 6.31. The Balaban J connectivity index is 2.51. The van der Waals surface area contributed by atoms with E-state index in [0.29, 0.717) is 33.9 Å². The summed E-state index contributed by atoms with van der Waals surface area (Å²) in [5.74, 6) is -0.417. The van der Waals surface area contributed by atoms with Crippen LogP contribution in [0, 0.1) is 0 Å². The number of nitrogen functional groups attached to an aromatic ring is 1. The number of aromatic hydroxyl groups is 1. The molecule has 25 heavy (non-hydrogen) atoms. The number of hydrogen-bond donors (Lipinski definition) is 5. The fourth-order valence-corrected chi connectivity index (χ4v) is 2.53. The first-order valence-corrected chi connectivity index (χ1v) is 8.15. The van der Waals surface area contributed by atoms with Crippen molar-refractivity contribution in [2.75, 3.05) is 12.3 Å². The topological polar surface area (TPSA) is 127 Å². The van der Waals surface area contributed by atoms with Crippen molar-refractivity contribution in [3.63, 3.8) is 0 Å². The molecule has 0 aliphatic heterocycles. The van der Waals surface area contributed by atoms with Crippen molar-refractivity contribution in [2.24, 2.45) is 11.5 Å². The molecule has 0 saturated carbocycles. The standard InChI is InChI=1S/C18H21ClN4O2/c1-2-8-23-18(25)17(22)16(21)12-5-3-4-11(15(12)20)13-9-10(19)6-7-14(13)24/h3-7,9,24H,2,8,20-22H2,1H3,(H,23,25)/b17-16+. The van der Waals surface area contributed by atoms with Crippen LogP contribution >= 0.6 is 11.6 Å². The molecule has 1 amide bonds. The summed E-state index contributed by atoms with van der Waals surface area (Å²) in [6.45, 7) is 2.43. The number of carbonyl (C=O) groups excluding carboxylic acids is 1. The Bertz CT molecular complexity index is 834. The van der Waals surface area contributed by atoms with Gasteiger partial charge in [-0.25, -0.2) is 0 Å². The molecule has 0 radical (unpaired) electrons. The van der Waals surface area contributed by atoms with Gasteiger partial charge in [0, 0.05) is 33.9 Å². The fourth-order valence-electron chi connectivity index (χ4n) is 2.36. The van der Waals surface area contributed by atoms with Crippen LogP contribution in [0.5, 0.6) is 5.75 Å². The largest absolute Gasteiger partial charge is 0.507 e. The second-order valence-corrected chi connectivity index (χ2v) is 5.95. The van der Waals surface area contributed by atoms with Gasteiger partial charge in [-0.2, -0.15) is 0 Å². The minimum Gasteiger partial charge on any atom is -0.507 e. The highest BCUT2D eigenvalue weighted by Crippen LogP contribution is 2.37. The molecule has 8 N–H and O–H groups in total. The number of amides is 1. The van der Waals surface area contributed by atoms with Gasteiger partial charge in [0.15, 0.2) is 0 Å². The lowest BCUT2D eigenvalue weighted by atomic mass is 9.97. The zero-order valence-corrected chi connectivity index (χ0v) is 14.6. The minimum atomic E-state index is -0.449. The highest BCUT2D eigenvalue weighted by Gasteiger charge is 2.16. The van der Waals surface area contributed by atoms with E-state index in [2.05, 4.69) is 5.32 Å². The normalized spacial score (nSPS) is 11.8. The Hall–Kier alpha value is -2.86. The van der Waals surface area contributed by atoms with E-state index in [4.69, 9.17) is 28.8 Å². The predicted octanol–water partition coefficient (Wildman–Crippen LogP) is 2.41. The summed E-state index contributed by atoms with van der Waals surface area (Å²) < 4.78 is 0. The van der Waals surface area contributed by atoms with Gasteiger partial charge in [-0.1, -0.05) is 36.7 Å². The van der Waals surface area contributed by atoms with Gasteiger partial charge in [-0.15, -0.1) is 0 Å². The molecule has 7 heteroatoms. The van der Waals surface area contributed by atoms with Crippen molar-refractivity contribution >= 4 is 28.9 Å². The Labute approximate surface area is 151 Å². The van der Waals surface area contributed by atoms with Crippen LogP contribution in [0.3, 0.4) is 0 Å². The van der Waals surface area contributed by atoms with Crippen molar-refractivity contribution in [3.05, 3.63) is 52.7 Å². The summed E-state index contributed by atoms with van der Waals surface area (Å²) in [6, 6.07) is 9.76. The monoisotopic (exact) mass is 360 g/mol. The summed E-state index contributed by atoms with van der Waals surface area (Å²) in [4.78, 5) is 12.0. The zero-order valence-electron chi connectivity index (χ0n) is 13.8. The number of hydrogen-bond acceptors (Lipinski definition) is 5. The molecule has 0 unspecified atom stereocenters. The maximum Gasteiger partial charge on any atom is 0.269 e. The smallest absolute Gasteiger partial charge is 0.269 e. The van der Waals surface area contributed by atoms with Crippen LogP contribution in [0.25, 0.3) is 16.8 Å². The number of nitrogens with two attached hydrogens (primary N) is 3. The molecule has 0 atom stereocenters. The quantitative estimate of drug-likeness (QED) is 0.413. The van der Waals surface area contributed by atoms with Crippen molar-refractivity contribution in [1.29, 1.82) is 0 Å². The first-order valence-electron chi connectivity index (χ1n) is 7.78. The van der Waals surface area contributed by atoms with Crippen molar-refractivity contribution < 1.29 is 9.90 Å². The van der Waals surface area contributed by atoms with Gasteiger partial charge < -0.3 is 27.6 Å². The number of para-hydroxylation sites is 1. The summed E-state index contributed by atoms with van der Waals surface area (Å²) in [6.07, 6.45) is 0.782. The summed E-state index contributed by atoms with van der Waals surface area (Å²) >= 11 is 6.00. The summed E-state index contributed by atoms with van der Waals surface area (Å²) in [5.41, 5.74) is 19.8. The molecule has 6 nitrogen and oxygen atoms in total. The molecule has 0 aliphatic carbocycles. The van der Waals surface area contributed by atoms with Crippen LogP contribution < -0.4 is 22.5 Å². The first kappa shape index (κ1) is 18.5. The van der Waals surface area contributed by atoms with Crippen LogP contribution in [0.1, 0.15) is 18.9 Å². The van der Waals surface area contributed by atoms with Crippen LogP contribution in [-0.2, 0) is 4.79 Å². The van der Waals surface area contributed by atoms with E-state index < -0.39 is 5.91 Å². The lowest BCUT2D eigenvalue weighted by molar-refractivity contribution is -0.117. The molecular formula is C18H21ClN4O2. The molecule has 0 saturated heterocycles. The molecule has 0 spiro atoms. The minimum absolute atomic E-state index is 0.0319. The second kappa shape index (κ2) is 7.81. The number of nitrogens with one attached hydrogen (secondary N) is 1. The van der Waals surface area contributed by atoms with Gasteiger partial charge in [0.1, 0.15) is 11.4 Å². The molecule has 2 aromatic carbocycles. The predicted molar refractivity (Wildman–Crippen MR) is 102 cm³/mol.